The lowest BCUT2D eigenvalue weighted by atomic mass is 10.1. The predicted octanol–water partition coefficient (Wildman–Crippen LogP) is 2.17. The van der Waals surface area contributed by atoms with Gasteiger partial charge in [0.1, 0.15) is 17.3 Å². The van der Waals surface area contributed by atoms with Gasteiger partial charge in [0.05, 0.1) is 25.9 Å². The number of halogens is 1. The molecule has 0 unspecified atom stereocenters. The number of morpholine rings is 1. The van der Waals surface area contributed by atoms with Crippen molar-refractivity contribution in [3.8, 4) is 0 Å². The fraction of sp³-hybridized carbons (Fsp3) is 0.440. The van der Waals surface area contributed by atoms with Gasteiger partial charge in [0.2, 0.25) is 5.95 Å². The van der Waals surface area contributed by atoms with Crippen molar-refractivity contribution in [1.82, 2.24) is 30.4 Å². The average molecular weight is 511 g/mol. The first kappa shape index (κ1) is 25.1. The Labute approximate surface area is 213 Å². The van der Waals surface area contributed by atoms with Gasteiger partial charge in [-0.1, -0.05) is 12.1 Å². The van der Waals surface area contributed by atoms with Crippen molar-refractivity contribution in [2.24, 2.45) is 0 Å². The summed E-state index contributed by atoms with van der Waals surface area (Å²) in [4.78, 5) is 24.1. The van der Waals surface area contributed by atoms with E-state index in [-0.39, 0.29) is 30.0 Å². The van der Waals surface area contributed by atoms with Gasteiger partial charge in [-0.2, -0.15) is 10.1 Å². The molecule has 3 heterocycles. The highest BCUT2D eigenvalue weighted by Crippen LogP contribution is 2.39. The number of aliphatic hydroxyl groups excluding tert-OH is 1. The minimum Gasteiger partial charge on any atom is -0.394 e. The van der Waals surface area contributed by atoms with Crippen LogP contribution in [0.3, 0.4) is 0 Å². The van der Waals surface area contributed by atoms with Crippen LogP contribution in [0.5, 0.6) is 0 Å². The molecule has 1 saturated heterocycles. The molecule has 0 radical (unpaired) electrons. The van der Waals surface area contributed by atoms with Crippen molar-refractivity contribution in [2.75, 3.05) is 56.6 Å². The fourth-order valence-electron chi connectivity index (χ4n) is 4.16. The summed E-state index contributed by atoms with van der Waals surface area (Å²) in [7, 11) is 0. The van der Waals surface area contributed by atoms with Crippen molar-refractivity contribution in [3.63, 3.8) is 0 Å². The first-order valence-corrected chi connectivity index (χ1v) is 12.5. The van der Waals surface area contributed by atoms with Crippen LogP contribution in [0.1, 0.15) is 46.5 Å². The van der Waals surface area contributed by atoms with Crippen LogP contribution in [0.4, 0.5) is 22.0 Å². The first-order valence-electron chi connectivity index (χ1n) is 12.5. The number of carbonyl (C=O) groups is 1. The van der Waals surface area contributed by atoms with Crippen LogP contribution in [0, 0.1) is 5.82 Å². The molecule has 2 fully saturated rings. The van der Waals surface area contributed by atoms with E-state index < -0.39 is 6.04 Å². The van der Waals surface area contributed by atoms with Crippen LogP contribution in [-0.2, 0) is 4.74 Å². The molecular formula is C25H31FN8O3. The normalized spacial score (nSPS) is 16.8. The molecule has 1 atom stereocenters. The van der Waals surface area contributed by atoms with Gasteiger partial charge in [-0.15, -0.1) is 0 Å². The molecule has 196 valence electrons. The predicted molar refractivity (Wildman–Crippen MR) is 135 cm³/mol. The number of carbonyl (C=O) groups excluding carboxylic acids is 1. The van der Waals surface area contributed by atoms with E-state index in [1.54, 1.807) is 18.2 Å². The second-order valence-electron chi connectivity index (χ2n) is 9.21. The van der Waals surface area contributed by atoms with Crippen LogP contribution in [-0.4, -0.2) is 82.1 Å². The second-order valence-corrected chi connectivity index (χ2v) is 9.21. The molecule has 0 bridgehead atoms. The number of benzene rings is 1. The van der Waals surface area contributed by atoms with Gasteiger partial charge in [-0.3, -0.25) is 14.8 Å². The third-order valence-electron chi connectivity index (χ3n) is 6.41. The van der Waals surface area contributed by atoms with Gasteiger partial charge < -0.3 is 25.8 Å². The van der Waals surface area contributed by atoms with E-state index in [1.165, 1.54) is 12.1 Å². The van der Waals surface area contributed by atoms with Crippen molar-refractivity contribution in [2.45, 2.75) is 24.8 Å². The van der Waals surface area contributed by atoms with Crippen LogP contribution >= 0.6 is 0 Å². The van der Waals surface area contributed by atoms with Crippen molar-refractivity contribution >= 4 is 23.5 Å². The Morgan fingerprint density at radius 3 is 2.68 bits per heavy atom. The molecule has 1 aromatic carbocycles. The number of hydrogen-bond donors (Lipinski definition) is 5. The maximum atomic E-state index is 13.4. The molecule has 2 aliphatic rings. The average Bonchev–Trinajstić information content (AvgIpc) is 3.67. The standard InChI is InChI=1S/C25H31FN8O3/c26-18-5-3-17(4-6-18)21(15-35)29-25-28-20(24(36)27-7-8-34-9-11-37-12-10-34)14-22(31-25)30-23-13-19(32-33-23)16-1-2-16/h3-6,13-14,16,21,35H,1-2,7-12,15H2,(H,27,36)(H3,28,29,30,31,32,33)/t21-/m0/s1. The summed E-state index contributed by atoms with van der Waals surface area (Å²) in [6.07, 6.45) is 2.29. The Kier molecular flexibility index (Phi) is 7.87. The SMILES string of the molecule is O=C(NCCN1CCOCC1)c1cc(Nc2cc(C3CC3)[nH]n2)nc(N[C@@H](CO)c2ccc(F)cc2)n1. The summed E-state index contributed by atoms with van der Waals surface area (Å²) < 4.78 is 18.7. The minimum absolute atomic E-state index is 0.143. The lowest BCUT2D eigenvalue weighted by Gasteiger charge is -2.26. The molecule has 37 heavy (non-hydrogen) atoms. The summed E-state index contributed by atoms with van der Waals surface area (Å²) >= 11 is 0. The molecule has 1 saturated carbocycles. The van der Waals surface area contributed by atoms with E-state index in [0.717, 1.165) is 31.6 Å². The monoisotopic (exact) mass is 510 g/mol. The number of H-pyrrole nitrogens is 1. The van der Waals surface area contributed by atoms with E-state index in [2.05, 4.69) is 41.0 Å². The topological polar surface area (TPSA) is 140 Å². The highest BCUT2D eigenvalue weighted by atomic mass is 19.1. The Morgan fingerprint density at radius 2 is 1.95 bits per heavy atom. The lowest BCUT2D eigenvalue weighted by Crippen LogP contribution is -2.41. The molecule has 3 aromatic rings. The number of anilines is 3. The number of nitrogens with one attached hydrogen (secondary N) is 4. The quantitative estimate of drug-likeness (QED) is 0.262. The van der Waals surface area contributed by atoms with Gasteiger partial charge in [-0.25, -0.2) is 9.37 Å². The Bertz CT molecular complexity index is 1190. The van der Waals surface area contributed by atoms with E-state index in [9.17, 15) is 14.3 Å². The number of ether oxygens (including phenoxy) is 1. The smallest absolute Gasteiger partial charge is 0.270 e. The van der Waals surface area contributed by atoms with Gasteiger partial charge in [0.15, 0.2) is 5.82 Å². The zero-order chi connectivity index (χ0) is 25.6. The summed E-state index contributed by atoms with van der Waals surface area (Å²) in [5.41, 5.74) is 1.88. The number of hydrogen-bond acceptors (Lipinski definition) is 9. The maximum absolute atomic E-state index is 13.4. The van der Waals surface area contributed by atoms with Crippen molar-refractivity contribution < 1.29 is 19.0 Å². The molecule has 1 aliphatic heterocycles. The maximum Gasteiger partial charge on any atom is 0.270 e. The van der Waals surface area contributed by atoms with Gasteiger partial charge >= 0.3 is 0 Å². The Balaban J connectivity index is 1.32. The molecule has 5 rings (SSSR count). The zero-order valence-corrected chi connectivity index (χ0v) is 20.4. The largest absolute Gasteiger partial charge is 0.394 e. The van der Waals surface area contributed by atoms with Crippen molar-refractivity contribution in [1.29, 1.82) is 0 Å². The fourth-order valence-corrected chi connectivity index (χ4v) is 4.16. The second kappa shape index (κ2) is 11.6. The van der Waals surface area contributed by atoms with E-state index in [0.29, 0.717) is 49.4 Å². The Hall–Kier alpha value is -3.61. The highest BCUT2D eigenvalue weighted by molar-refractivity contribution is 5.93. The zero-order valence-electron chi connectivity index (χ0n) is 20.4. The van der Waals surface area contributed by atoms with Gasteiger partial charge in [-0.05, 0) is 30.5 Å². The van der Waals surface area contributed by atoms with Gasteiger partial charge in [0.25, 0.3) is 5.91 Å². The lowest BCUT2D eigenvalue weighted by molar-refractivity contribution is 0.0383. The molecule has 1 aliphatic carbocycles. The number of nitrogens with zero attached hydrogens (tertiary/aromatic N) is 4. The number of amides is 1. The number of rotatable bonds is 11. The molecule has 2 aromatic heterocycles. The van der Waals surface area contributed by atoms with Crippen LogP contribution in [0.25, 0.3) is 0 Å². The number of aliphatic hydroxyl groups is 1. The van der Waals surface area contributed by atoms with E-state index in [4.69, 9.17) is 4.74 Å². The summed E-state index contributed by atoms with van der Waals surface area (Å²) in [5, 5.41) is 26.4. The van der Waals surface area contributed by atoms with Crippen molar-refractivity contribution in [3.05, 3.63) is 59.2 Å². The molecule has 12 heteroatoms. The first-order chi connectivity index (χ1) is 18.1. The van der Waals surface area contributed by atoms with Crippen LogP contribution in [0.15, 0.2) is 36.4 Å². The van der Waals surface area contributed by atoms with Crippen LogP contribution in [0.2, 0.25) is 0 Å². The molecule has 0 spiro atoms. The molecule has 1 amide bonds. The molecule has 11 nitrogen and oxygen atoms in total. The summed E-state index contributed by atoms with van der Waals surface area (Å²) in [5.74, 6) is 0.903. The van der Waals surface area contributed by atoms with Gasteiger partial charge in [0, 0.05) is 49.9 Å². The van der Waals surface area contributed by atoms with Crippen LogP contribution < -0.4 is 16.0 Å². The van der Waals surface area contributed by atoms with E-state index in [1.807, 2.05) is 6.07 Å². The third kappa shape index (κ3) is 6.79. The van der Waals surface area contributed by atoms with E-state index >= 15 is 0 Å². The summed E-state index contributed by atoms with van der Waals surface area (Å²) in [6.45, 7) is 3.96. The number of aromatic nitrogens is 4. The highest BCUT2D eigenvalue weighted by Gasteiger charge is 2.25. The third-order valence-corrected chi connectivity index (χ3v) is 6.41. The summed E-state index contributed by atoms with van der Waals surface area (Å²) in [6, 6.07) is 8.69. The Morgan fingerprint density at radius 1 is 1.16 bits per heavy atom. The molecule has 5 N–H and O–H groups in total. The number of aromatic amines is 1. The molecular weight excluding hydrogens is 479 g/mol. The minimum atomic E-state index is -0.597.